The minimum Gasteiger partial charge on any atom is -0.481 e. The van der Waals surface area contributed by atoms with Crippen LogP contribution >= 0.6 is 0 Å². The van der Waals surface area contributed by atoms with Gasteiger partial charge in [0.05, 0.1) is 17.0 Å². The van der Waals surface area contributed by atoms with Crippen LogP contribution in [0.3, 0.4) is 0 Å². The van der Waals surface area contributed by atoms with Crippen molar-refractivity contribution in [3.05, 3.63) is 29.6 Å². The number of aromatic nitrogens is 2. The van der Waals surface area contributed by atoms with Gasteiger partial charge in [-0.3, -0.25) is 4.79 Å². The molecule has 1 saturated carbocycles. The van der Waals surface area contributed by atoms with E-state index < -0.39 is 5.97 Å². The Hall–Kier alpha value is -1.84. The smallest absolute Gasteiger partial charge is 0.307 e. The van der Waals surface area contributed by atoms with Gasteiger partial charge in [0, 0.05) is 5.92 Å². The second kappa shape index (κ2) is 4.68. The summed E-state index contributed by atoms with van der Waals surface area (Å²) in [5, 5.41) is 9.26. The Labute approximate surface area is 111 Å². The van der Waals surface area contributed by atoms with Gasteiger partial charge in [0.15, 0.2) is 0 Å². The number of rotatable bonds is 3. The number of carboxylic acids is 1. The lowest BCUT2D eigenvalue weighted by molar-refractivity contribution is -0.142. The molecule has 1 aliphatic carbocycles. The zero-order valence-electron chi connectivity index (χ0n) is 11.0. The summed E-state index contributed by atoms with van der Waals surface area (Å²) in [5.41, 5.74) is 3.22. The Morgan fingerprint density at radius 1 is 1.47 bits per heavy atom. The lowest BCUT2D eigenvalue weighted by Gasteiger charge is -2.12. The molecule has 1 aliphatic rings. The van der Waals surface area contributed by atoms with Gasteiger partial charge in [-0.2, -0.15) is 0 Å². The number of hydrogen-bond acceptors (Lipinski definition) is 2. The maximum Gasteiger partial charge on any atom is 0.307 e. The molecule has 100 valence electrons. The number of hydrogen-bond donors (Lipinski definition) is 2. The molecule has 0 amide bonds. The lowest BCUT2D eigenvalue weighted by Crippen LogP contribution is -2.17. The summed E-state index contributed by atoms with van der Waals surface area (Å²) in [6.45, 7) is 2.12. The van der Waals surface area contributed by atoms with Crippen molar-refractivity contribution in [3.8, 4) is 0 Å². The molecule has 2 aromatic rings. The Bertz CT molecular complexity index is 618. The fourth-order valence-corrected chi connectivity index (χ4v) is 3.05. The zero-order valence-corrected chi connectivity index (χ0v) is 11.0. The quantitative estimate of drug-likeness (QED) is 0.889. The van der Waals surface area contributed by atoms with E-state index in [1.165, 1.54) is 5.56 Å². The lowest BCUT2D eigenvalue weighted by atomic mass is 9.96. The molecule has 4 heteroatoms. The van der Waals surface area contributed by atoms with Crippen molar-refractivity contribution >= 4 is 17.0 Å². The average Bonchev–Trinajstić information content (AvgIpc) is 3.03. The van der Waals surface area contributed by atoms with E-state index in [-0.39, 0.29) is 11.8 Å². The van der Waals surface area contributed by atoms with Crippen molar-refractivity contribution in [2.45, 2.75) is 38.5 Å². The third kappa shape index (κ3) is 2.11. The highest BCUT2D eigenvalue weighted by molar-refractivity contribution is 5.77. The van der Waals surface area contributed by atoms with E-state index in [1.54, 1.807) is 0 Å². The number of carboxylic acid groups (broad SMARTS) is 1. The van der Waals surface area contributed by atoms with Crippen LogP contribution in [0.5, 0.6) is 0 Å². The summed E-state index contributed by atoms with van der Waals surface area (Å²) in [6, 6.07) is 6.20. The molecular formula is C15H18N2O2. The number of imidazole rings is 1. The highest BCUT2D eigenvalue weighted by Gasteiger charge is 2.35. The predicted molar refractivity (Wildman–Crippen MR) is 73.2 cm³/mol. The van der Waals surface area contributed by atoms with E-state index in [0.717, 1.165) is 42.5 Å². The van der Waals surface area contributed by atoms with E-state index in [1.807, 2.05) is 6.07 Å². The summed E-state index contributed by atoms with van der Waals surface area (Å²) >= 11 is 0. The van der Waals surface area contributed by atoms with Crippen LogP contribution in [-0.4, -0.2) is 21.0 Å². The maximum atomic E-state index is 11.3. The van der Waals surface area contributed by atoms with Crippen molar-refractivity contribution < 1.29 is 9.90 Å². The first kappa shape index (κ1) is 12.2. The molecule has 0 aliphatic heterocycles. The Morgan fingerprint density at radius 3 is 3.05 bits per heavy atom. The van der Waals surface area contributed by atoms with E-state index in [4.69, 9.17) is 0 Å². The largest absolute Gasteiger partial charge is 0.481 e. The standard InChI is InChI=1S/C15H18N2O2/c1-2-9-6-7-12-13(8-9)17-14(16-12)10-4-3-5-11(10)15(18)19/h6-8,10-11H,2-5H2,1H3,(H,16,17)(H,18,19). The highest BCUT2D eigenvalue weighted by atomic mass is 16.4. The van der Waals surface area contributed by atoms with Crippen LogP contribution in [0.1, 0.15) is 43.5 Å². The number of nitrogens with zero attached hydrogens (tertiary/aromatic N) is 1. The second-order valence-electron chi connectivity index (χ2n) is 5.31. The van der Waals surface area contributed by atoms with Gasteiger partial charge >= 0.3 is 5.97 Å². The van der Waals surface area contributed by atoms with E-state index in [9.17, 15) is 9.90 Å². The first-order valence-electron chi connectivity index (χ1n) is 6.90. The molecule has 1 aromatic heterocycles. The number of aliphatic carboxylic acids is 1. The molecule has 19 heavy (non-hydrogen) atoms. The molecule has 1 fully saturated rings. The molecular weight excluding hydrogens is 240 g/mol. The first-order chi connectivity index (χ1) is 9.19. The normalized spacial score (nSPS) is 23.0. The van der Waals surface area contributed by atoms with Gasteiger partial charge in [-0.1, -0.05) is 19.4 Å². The Kier molecular flexibility index (Phi) is 3.01. The van der Waals surface area contributed by atoms with Crippen molar-refractivity contribution in [2.75, 3.05) is 0 Å². The van der Waals surface area contributed by atoms with Crippen molar-refractivity contribution in [1.82, 2.24) is 9.97 Å². The zero-order chi connectivity index (χ0) is 13.4. The fourth-order valence-electron chi connectivity index (χ4n) is 3.05. The molecule has 4 nitrogen and oxygen atoms in total. The van der Waals surface area contributed by atoms with E-state index in [0.29, 0.717) is 0 Å². The topological polar surface area (TPSA) is 66.0 Å². The molecule has 1 heterocycles. The molecule has 0 bridgehead atoms. The summed E-state index contributed by atoms with van der Waals surface area (Å²) < 4.78 is 0. The van der Waals surface area contributed by atoms with Gasteiger partial charge in [-0.15, -0.1) is 0 Å². The molecule has 0 saturated heterocycles. The molecule has 0 spiro atoms. The number of H-pyrrole nitrogens is 1. The second-order valence-corrected chi connectivity index (χ2v) is 5.31. The van der Waals surface area contributed by atoms with Crippen molar-refractivity contribution in [1.29, 1.82) is 0 Å². The number of benzene rings is 1. The fraction of sp³-hybridized carbons (Fsp3) is 0.467. The number of aromatic amines is 1. The van der Waals surface area contributed by atoms with Gasteiger partial charge in [0.1, 0.15) is 5.82 Å². The van der Waals surface area contributed by atoms with Gasteiger partial charge in [-0.25, -0.2) is 4.98 Å². The summed E-state index contributed by atoms with van der Waals surface area (Å²) in [6.07, 6.45) is 3.64. The van der Waals surface area contributed by atoms with Crippen LogP contribution in [0, 0.1) is 5.92 Å². The summed E-state index contributed by atoms with van der Waals surface area (Å²) in [7, 11) is 0. The SMILES string of the molecule is CCc1ccc2nc(C3CCCC3C(=O)O)[nH]c2c1. The number of fused-ring (bicyclic) bond motifs is 1. The van der Waals surface area contributed by atoms with E-state index >= 15 is 0 Å². The van der Waals surface area contributed by atoms with Crippen molar-refractivity contribution in [3.63, 3.8) is 0 Å². The van der Waals surface area contributed by atoms with E-state index in [2.05, 4.69) is 29.0 Å². The van der Waals surface area contributed by atoms with Crippen LogP contribution in [0.25, 0.3) is 11.0 Å². The van der Waals surface area contributed by atoms with Crippen molar-refractivity contribution in [2.24, 2.45) is 5.92 Å². The van der Waals surface area contributed by atoms with Gasteiger partial charge in [-0.05, 0) is 37.0 Å². The molecule has 1 aromatic carbocycles. The minimum atomic E-state index is -0.697. The van der Waals surface area contributed by atoms with Crippen LogP contribution in [0.2, 0.25) is 0 Å². The molecule has 2 N–H and O–H groups in total. The molecule has 2 atom stereocenters. The Morgan fingerprint density at radius 2 is 2.32 bits per heavy atom. The highest BCUT2D eigenvalue weighted by Crippen LogP contribution is 2.39. The number of carbonyl (C=O) groups is 1. The third-order valence-corrected chi connectivity index (χ3v) is 4.16. The predicted octanol–water partition coefficient (Wildman–Crippen LogP) is 3.09. The van der Waals surface area contributed by atoms with Crippen LogP contribution < -0.4 is 0 Å². The average molecular weight is 258 g/mol. The molecule has 0 radical (unpaired) electrons. The van der Waals surface area contributed by atoms with Gasteiger partial charge < -0.3 is 10.1 Å². The van der Waals surface area contributed by atoms with Crippen LogP contribution in [-0.2, 0) is 11.2 Å². The van der Waals surface area contributed by atoms with Gasteiger partial charge in [0.25, 0.3) is 0 Å². The third-order valence-electron chi connectivity index (χ3n) is 4.16. The van der Waals surface area contributed by atoms with Crippen LogP contribution in [0.4, 0.5) is 0 Å². The van der Waals surface area contributed by atoms with Gasteiger partial charge in [0.2, 0.25) is 0 Å². The maximum absolute atomic E-state index is 11.3. The van der Waals surface area contributed by atoms with Crippen LogP contribution in [0.15, 0.2) is 18.2 Å². The number of nitrogens with one attached hydrogen (secondary N) is 1. The first-order valence-corrected chi connectivity index (χ1v) is 6.90. The Balaban J connectivity index is 1.98. The number of aryl methyl sites for hydroxylation is 1. The summed E-state index contributed by atoms with van der Waals surface area (Å²) in [4.78, 5) is 19.2. The monoisotopic (exact) mass is 258 g/mol. The summed E-state index contributed by atoms with van der Waals surface area (Å²) in [5.74, 6) is -0.105. The minimum absolute atomic E-state index is 0.0370. The molecule has 3 rings (SSSR count). The molecule has 2 unspecified atom stereocenters.